The van der Waals surface area contributed by atoms with E-state index in [0.717, 1.165) is 6.42 Å². The van der Waals surface area contributed by atoms with Gasteiger partial charge in [0.2, 0.25) is 0 Å². The van der Waals surface area contributed by atoms with Crippen LogP contribution in [0.15, 0.2) is 18.2 Å². The number of para-hydroxylation sites is 1. The maximum absolute atomic E-state index is 12.0. The average molecular weight is 248 g/mol. The molecule has 1 N–H and O–H groups in total. The lowest BCUT2D eigenvalue weighted by Crippen LogP contribution is -2.36. The van der Waals surface area contributed by atoms with Crippen LogP contribution in [-0.4, -0.2) is 32.0 Å². The van der Waals surface area contributed by atoms with Crippen molar-refractivity contribution in [2.75, 3.05) is 25.1 Å². The summed E-state index contributed by atoms with van der Waals surface area (Å²) in [7, 11) is 1.68. The van der Waals surface area contributed by atoms with Crippen molar-refractivity contribution in [2.45, 2.75) is 13.3 Å². The van der Waals surface area contributed by atoms with Gasteiger partial charge in [-0.25, -0.2) is 0 Å². The van der Waals surface area contributed by atoms with Crippen LogP contribution in [-0.2, 0) is 4.79 Å². The van der Waals surface area contributed by atoms with Crippen molar-refractivity contribution in [1.82, 2.24) is 5.32 Å². The van der Waals surface area contributed by atoms with E-state index in [9.17, 15) is 9.59 Å². The van der Waals surface area contributed by atoms with Gasteiger partial charge in [0.15, 0.2) is 12.4 Å². The zero-order valence-electron chi connectivity index (χ0n) is 10.5. The van der Waals surface area contributed by atoms with E-state index in [0.29, 0.717) is 23.5 Å². The molecule has 1 heterocycles. The fraction of sp³-hybridized carbons (Fsp3) is 0.385. The number of nitrogens with zero attached hydrogens (tertiary/aromatic N) is 1. The Morgan fingerprint density at radius 3 is 3.00 bits per heavy atom. The minimum atomic E-state index is -0.170. The van der Waals surface area contributed by atoms with Gasteiger partial charge in [-0.05, 0) is 18.6 Å². The second kappa shape index (κ2) is 5.08. The van der Waals surface area contributed by atoms with Crippen molar-refractivity contribution in [3.63, 3.8) is 0 Å². The van der Waals surface area contributed by atoms with Gasteiger partial charge in [-0.15, -0.1) is 0 Å². The summed E-state index contributed by atoms with van der Waals surface area (Å²) in [5.74, 6) is 0.193. The number of hydrogen-bond donors (Lipinski definition) is 1. The SMILES string of the molecule is CCCNC(=O)c1cccc2c1OCC(=O)N2C. The third-order valence-electron chi connectivity index (χ3n) is 2.85. The van der Waals surface area contributed by atoms with Crippen molar-refractivity contribution in [2.24, 2.45) is 0 Å². The highest BCUT2D eigenvalue weighted by Crippen LogP contribution is 2.34. The topological polar surface area (TPSA) is 58.6 Å². The first kappa shape index (κ1) is 12.4. The number of rotatable bonds is 3. The van der Waals surface area contributed by atoms with Crippen LogP contribution in [0.1, 0.15) is 23.7 Å². The minimum Gasteiger partial charge on any atom is -0.481 e. The molecule has 0 saturated carbocycles. The molecule has 1 aliphatic rings. The number of anilines is 1. The number of ether oxygens (including phenoxy) is 1. The van der Waals surface area contributed by atoms with Gasteiger partial charge in [-0.2, -0.15) is 0 Å². The van der Waals surface area contributed by atoms with Crippen LogP contribution in [0.4, 0.5) is 5.69 Å². The highest BCUT2D eigenvalue weighted by molar-refractivity contribution is 6.03. The van der Waals surface area contributed by atoms with Crippen LogP contribution in [0.25, 0.3) is 0 Å². The molecule has 0 fully saturated rings. The van der Waals surface area contributed by atoms with Crippen LogP contribution in [0, 0.1) is 0 Å². The Morgan fingerprint density at radius 1 is 1.50 bits per heavy atom. The minimum absolute atomic E-state index is 0.0262. The number of hydrogen-bond acceptors (Lipinski definition) is 3. The Balaban J connectivity index is 2.33. The number of benzene rings is 1. The molecule has 2 amide bonds. The molecule has 1 aromatic carbocycles. The molecule has 18 heavy (non-hydrogen) atoms. The number of likely N-dealkylation sites (N-methyl/N-ethyl adjacent to an activating group) is 1. The van der Waals surface area contributed by atoms with E-state index in [-0.39, 0.29) is 18.4 Å². The third-order valence-corrected chi connectivity index (χ3v) is 2.85. The van der Waals surface area contributed by atoms with E-state index in [1.54, 1.807) is 25.2 Å². The Hall–Kier alpha value is -2.04. The van der Waals surface area contributed by atoms with Crippen molar-refractivity contribution in [3.8, 4) is 5.75 Å². The van der Waals surface area contributed by atoms with Gasteiger partial charge in [0.25, 0.3) is 11.8 Å². The van der Waals surface area contributed by atoms with E-state index in [4.69, 9.17) is 4.74 Å². The Morgan fingerprint density at radius 2 is 2.28 bits per heavy atom. The van der Waals surface area contributed by atoms with Crippen molar-refractivity contribution in [1.29, 1.82) is 0 Å². The molecule has 0 aliphatic carbocycles. The molecule has 1 aromatic rings. The summed E-state index contributed by atoms with van der Waals surface area (Å²) in [6, 6.07) is 5.22. The standard InChI is InChI=1S/C13H16N2O3/c1-3-7-14-13(17)9-5-4-6-10-12(9)18-8-11(16)15(10)2/h4-6H,3,7-8H2,1-2H3,(H,14,17). The molecule has 2 rings (SSSR count). The predicted octanol–water partition coefficient (Wildman–Crippen LogP) is 1.18. The lowest BCUT2D eigenvalue weighted by atomic mass is 10.1. The number of carbonyl (C=O) groups excluding carboxylic acids is 2. The van der Waals surface area contributed by atoms with E-state index in [1.165, 1.54) is 4.90 Å². The van der Waals surface area contributed by atoms with Gasteiger partial charge >= 0.3 is 0 Å². The molecule has 0 spiro atoms. The van der Waals surface area contributed by atoms with E-state index >= 15 is 0 Å². The van der Waals surface area contributed by atoms with Gasteiger partial charge in [0.05, 0.1) is 11.3 Å². The summed E-state index contributed by atoms with van der Waals surface area (Å²) in [5, 5.41) is 2.80. The summed E-state index contributed by atoms with van der Waals surface area (Å²) in [5.41, 5.74) is 1.11. The summed E-state index contributed by atoms with van der Waals surface area (Å²) >= 11 is 0. The fourth-order valence-corrected chi connectivity index (χ4v) is 1.82. The number of amides is 2. The van der Waals surface area contributed by atoms with Gasteiger partial charge < -0.3 is 15.0 Å². The van der Waals surface area contributed by atoms with Gasteiger partial charge in [0, 0.05) is 13.6 Å². The maximum atomic E-state index is 12.0. The van der Waals surface area contributed by atoms with Gasteiger partial charge in [-0.1, -0.05) is 13.0 Å². The van der Waals surface area contributed by atoms with Crippen LogP contribution >= 0.6 is 0 Å². The average Bonchev–Trinajstić information content (AvgIpc) is 2.39. The molecule has 0 atom stereocenters. The zero-order valence-corrected chi connectivity index (χ0v) is 10.5. The highest BCUT2D eigenvalue weighted by atomic mass is 16.5. The van der Waals surface area contributed by atoms with Crippen molar-refractivity contribution in [3.05, 3.63) is 23.8 Å². The van der Waals surface area contributed by atoms with Crippen LogP contribution in [0.5, 0.6) is 5.75 Å². The Labute approximate surface area is 106 Å². The molecule has 5 heteroatoms. The molecule has 1 aliphatic heterocycles. The Kier molecular flexibility index (Phi) is 3.50. The second-order valence-corrected chi connectivity index (χ2v) is 4.15. The monoisotopic (exact) mass is 248 g/mol. The lowest BCUT2D eigenvalue weighted by Gasteiger charge is -2.27. The van der Waals surface area contributed by atoms with Crippen LogP contribution in [0.3, 0.4) is 0 Å². The Bertz CT molecular complexity index is 485. The molecule has 0 aromatic heterocycles. The molecule has 0 radical (unpaired) electrons. The van der Waals surface area contributed by atoms with Crippen LogP contribution in [0.2, 0.25) is 0 Å². The van der Waals surface area contributed by atoms with E-state index in [2.05, 4.69) is 5.32 Å². The highest BCUT2D eigenvalue weighted by Gasteiger charge is 2.26. The molecule has 5 nitrogen and oxygen atoms in total. The summed E-state index contributed by atoms with van der Waals surface area (Å²) in [6.07, 6.45) is 0.875. The van der Waals surface area contributed by atoms with Crippen molar-refractivity contribution < 1.29 is 14.3 Å². The summed E-state index contributed by atoms with van der Waals surface area (Å²) in [6.45, 7) is 2.59. The lowest BCUT2D eigenvalue weighted by molar-refractivity contribution is -0.121. The maximum Gasteiger partial charge on any atom is 0.264 e. The number of nitrogens with one attached hydrogen (secondary N) is 1. The predicted molar refractivity (Wildman–Crippen MR) is 68.0 cm³/mol. The van der Waals surface area contributed by atoms with Gasteiger partial charge in [0.1, 0.15) is 0 Å². The van der Waals surface area contributed by atoms with Crippen molar-refractivity contribution >= 4 is 17.5 Å². The molecule has 0 saturated heterocycles. The zero-order chi connectivity index (χ0) is 13.1. The third kappa shape index (κ3) is 2.16. The second-order valence-electron chi connectivity index (χ2n) is 4.15. The normalized spacial score (nSPS) is 13.9. The summed E-state index contributed by atoms with van der Waals surface area (Å²) in [4.78, 5) is 25.0. The van der Waals surface area contributed by atoms with E-state index in [1.807, 2.05) is 6.92 Å². The fourth-order valence-electron chi connectivity index (χ4n) is 1.82. The first-order valence-electron chi connectivity index (χ1n) is 5.95. The van der Waals surface area contributed by atoms with Gasteiger partial charge in [-0.3, -0.25) is 9.59 Å². The molecular weight excluding hydrogens is 232 g/mol. The molecular formula is C13H16N2O3. The summed E-state index contributed by atoms with van der Waals surface area (Å²) < 4.78 is 5.39. The van der Waals surface area contributed by atoms with Crippen LogP contribution < -0.4 is 15.0 Å². The largest absolute Gasteiger partial charge is 0.481 e. The van der Waals surface area contributed by atoms with E-state index < -0.39 is 0 Å². The molecule has 0 unspecified atom stereocenters. The molecule has 96 valence electrons. The molecule has 0 bridgehead atoms. The number of carbonyl (C=O) groups is 2. The quantitative estimate of drug-likeness (QED) is 0.874. The first-order chi connectivity index (χ1) is 8.65. The first-order valence-corrected chi connectivity index (χ1v) is 5.95. The number of fused-ring (bicyclic) bond motifs is 1. The smallest absolute Gasteiger partial charge is 0.264 e.